The molecule has 7 heteroatoms. The molecular formula is C22H17BrN2O3S. The first-order valence-electron chi connectivity index (χ1n) is 8.94. The van der Waals surface area contributed by atoms with Crippen LogP contribution in [0.4, 0.5) is 0 Å². The van der Waals surface area contributed by atoms with Gasteiger partial charge in [0.15, 0.2) is 0 Å². The average molecular weight is 469 g/mol. The number of hydrogen-bond acceptors (Lipinski definition) is 5. The number of halogens is 1. The molecule has 1 amide bonds. The summed E-state index contributed by atoms with van der Waals surface area (Å²) in [5, 5.41) is 12.9. The number of ketones is 1. The van der Waals surface area contributed by atoms with Crippen LogP contribution in [0.25, 0.3) is 5.76 Å². The normalized spacial score (nSPS) is 18.4. The van der Waals surface area contributed by atoms with E-state index in [0.29, 0.717) is 5.56 Å². The van der Waals surface area contributed by atoms with Gasteiger partial charge >= 0.3 is 0 Å². The number of rotatable bonds is 4. The monoisotopic (exact) mass is 468 g/mol. The van der Waals surface area contributed by atoms with Gasteiger partial charge in [-0.15, -0.1) is 11.3 Å². The first-order valence-corrected chi connectivity index (χ1v) is 10.6. The first-order chi connectivity index (χ1) is 14.0. The Morgan fingerprint density at radius 3 is 2.62 bits per heavy atom. The Hall–Kier alpha value is -2.77. The maximum atomic E-state index is 13.0. The topological polar surface area (TPSA) is 70.5 Å². The van der Waals surface area contributed by atoms with Gasteiger partial charge in [0.05, 0.1) is 11.6 Å². The number of benzene rings is 1. The third-order valence-electron chi connectivity index (χ3n) is 4.89. The number of Topliss-reactive ketones (excluding diaryl/α,β-unsaturated/α-hetero) is 1. The van der Waals surface area contributed by atoms with Gasteiger partial charge in [-0.05, 0) is 53.8 Å². The van der Waals surface area contributed by atoms with Crippen molar-refractivity contribution in [2.24, 2.45) is 0 Å². The van der Waals surface area contributed by atoms with E-state index in [4.69, 9.17) is 0 Å². The van der Waals surface area contributed by atoms with Crippen LogP contribution in [-0.4, -0.2) is 26.7 Å². The van der Waals surface area contributed by atoms with Gasteiger partial charge in [0, 0.05) is 33.9 Å². The Morgan fingerprint density at radius 1 is 1.21 bits per heavy atom. The van der Waals surface area contributed by atoms with E-state index in [-0.39, 0.29) is 17.9 Å². The van der Waals surface area contributed by atoms with Gasteiger partial charge in [-0.3, -0.25) is 14.6 Å². The third-order valence-corrected chi connectivity index (χ3v) is 6.70. The molecule has 3 aromatic rings. The molecule has 1 atom stereocenters. The van der Waals surface area contributed by atoms with Crippen molar-refractivity contribution in [1.82, 2.24) is 9.88 Å². The molecule has 1 aromatic carbocycles. The van der Waals surface area contributed by atoms with Crippen LogP contribution in [0.3, 0.4) is 0 Å². The Bertz CT molecular complexity index is 1110. The fraction of sp³-hybridized carbons (Fsp3) is 0.136. The molecule has 146 valence electrons. The SMILES string of the molecule is Cc1cc(/C(O)=C2/C(=O)C(=O)N(Cc3ccncc3)C2c2cccs2)ccc1Br. The van der Waals surface area contributed by atoms with Crippen LogP contribution in [-0.2, 0) is 16.1 Å². The molecule has 1 N–H and O–H groups in total. The summed E-state index contributed by atoms with van der Waals surface area (Å²) in [6, 6.07) is 12.1. The highest BCUT2D eigenvalue weighted by atomic mass is 79.9. The van der Waals surface area contributed by atoms with E-state index in [1.165, 1.54) is 16.2 Å². The average Bonchev–Trinajstić information content (AvgIpc) is 3.33. The molecule has 0 spiro atoms. The zero-order chi connectivity index (χ0) is 20.5. The second-order valence-corrected chi connectivity index (χ2v) is 8.60. The predicted molar refractivity (Wildman–Crippen MR) is 115 cm³/mol. The molecule has 1 fully saturated rings. The van der Waals surface area contributed by atoms with Crippen molar-refractivity contribution in [1.29, 1.82) is 0 Å². The molecule has 2 aromatic heterocycles. The lowest BCUT2D eigenvalue weighted by Gasteiger charge is -2.24. The zero-order valence-corrected chi connectivity index (χ0v) is 17.9. The number of nitrogens with zero attached hydrogens (tertiary/aromatic N) is 2. The number of pyridine rings is 1. The maximum Gasteiger partial charge on any atom is 0.295 e. The standard InChI is InChI=1S/C22H17BrN2O3S/c1-13-11-15(4-5-16(13)23)20(26)18-19(17-3-2-10-29-17)25(22(28)21(18)27)12-14-6-8-24-9-7-14/h2-11,19,26H,12H2,1H3/b20-18-. The minimum Gasteiger partial charge on any atom is -0.507 e. The van der Waals surface area contributed by atoms with E-state index in [9.17, 15) is 14.7 Å². The molecule has 0 saturated carbocycles. The molecule has 5 nitrogen and oxygen atoms in total. The molecule has 1 aliphatic heterocycles. The third kappa shape index (κ3) is 3.63. The molecule has 3 heterocycles. The Kier molecular flexibility index (Phi) is 5.34. The number of aliphatic hydroxyl groups excluding tert-OH is 1. The fourth-order valence-electron chi connectivity index (χ4n) is 3.42. The number of thiophene rings is 1. The smallest absolute Gasteiger partial charge is 0.295 e. The Morgan fingerprint density at radius 2 is 1.97 bits per heavy atom. The summed E-state index contributed by atoms with van der Waals surface area (Å²) in [6.07, 6.45) is 3.30. The molecule has 0 bridgehead atoms. The quantitative estimate of drug-likeness (QED) is 0.338. The highest BCUT2D eigenvalue weighted by Crippen LogP contribution is 2.42. The van der Waals surface area contributed by atoms with Crippen LogP contribution in [0.15, 0.2) is 70.3 Å². The molecule has 1 unspecified atom stereocenters. The zero-order valence-electron chi connectivity index (χ0n) is 15.5. The molecule has 1 aliphatic rings. The van der Waals surface area contributed by atoms with Gasteiger partial charge in [0.25, 0.3) is 11.7 Å². The van der Waals surface area contributed by atoms with Crippen molar-refractivity contribution < 1.29 is 14.7 Å². The van der Waals surface area contributed by atoms with Crippen molar-refractivity contribution in [2.45, 2.75) is 19.5 Å². The van der Waals surface area contributed by atoms with Crippen molar-refractivity contribution in [3.8, 4) is 0 Å². The Labute approximate surface area is 180 Å². The molecular weight excluding hydrogens is 452 g/mol. The number of aryl methyl sites for hydroxylation is 1. The number of amides is 1. The van der Waals surface area contributed by atoms with Crippen LogP contribution in [0.2, 0.25) is 0 Å². The van der Waals surface area contributed by atoms with Crippen molar-refractivity contribution in [3.63, 3.8) is 0 Å². The van der Waals surface area contributed by atoms with E-state index in [1.807, 2.05) is 42.6 Å². The second kappa shape index (κ2) is 7.93. The predicted octanol–water partition coefficient (Wildman–Crippen LogP) is 4.84. The molecule has 29 heavy (non-hydrogen) atoms. The van der Waals surface area contributed by atoms with Crippen LogP contribution in [0.1, 0.15) is 27.6 Å². The van der Waals surface area contributed by atoms with Gasteiger partial charge in [-0.1, -0.05) is 28.1 Å². The van der Waals surface area contributed by atoms with Crippen molar-refractivity contribution in [3.05, 3.63) is 91.9 Å². The number of aliphatic hydroxyl groups is 1. The first kappa shape index (κ1) is 19.5. The second-order valence-electron chi connectivity index (χ2n) is 6.76. The van der Waals surface area contributed by atoms with Crippen LogP contribution in [0, 0.1) is 6.92 Å². The Balaban J connectivity index is 1.84. The number of hydrogen-bond donors (Lipinski definition) is 1. The largest absolute Gasteiger partial charge is 0.507 e. The van der Waals surface area contributed by atoms with Gasteiger partial charge < -0.3 is 10.0 Å². The van der Waals surface area contributed by atoms with Crippen LogP contribution >= 0.6 is 27.3 Å². The van der Waals surface area contributed by atoms with E-state index in [1.54, 1.807) is 24.5 Å². The van der Waals surface area contributed by atoms with E-state index < -0.39 is 17.7 Å². The van der Waals surface area contributed by atoms with Crippen molar-refractivity contribution >= 4 is 44.7 Å². The van der Waals surface area contributed by atoms with E-state index in [2.05, 4.69) is 20.9 Å². The van der Waals surface area contributed by atoms with E-state index >= 15 is 0 Å². The van der Waals surface area contributed by atoms with Gasteiger partial charge in [-0.2, -0.15) is 0 Å². The number of likely N-dealkylation sites (tertiary alicyclic amines) is 1. The lowest BCUT2D eigenvalue weighted by atomic mass is 9.99. The lowest BCUT2D eigenvalue weighted by molar-refractivity contribution is -0.140. The highest BCUT2D eigenvalue weighted by Gasteiger charge is 2.46. The minimum atomic E-state index is -0.671. The summed E-state index contributed by atoms with van der Waals surface area (Å²) >= 11 is 4.89. The summed E-state index contributed by atoms with van der Waals surface area (Å²) in [7, 11) is 0. The van der Waals surface area contributed by atoms with E-state index in [0.717, 1.165) is 20.5 Å². The van der Waals surface area contributed by atoms with Crippen LogP contribution < -0.4 is 0 Å². The van der Waals surface area contributed by atoms with Gasteiger partial charge in [0.1, 0.15) is 5.76 Å². The number of carbonyl (C=O) groups excluding carboxylic acids is 2. The highest BCUT2D eigenvalue weighted by molar-refractivity contribution is 9.10. The summed E-state index contributed by atoms with van der Waals surface area (Å²) in [5.74, 6) is -1.44. The fourth-order valence-corrected chi connectivity index (χ4v) is 4.51. The van der Waals surface area contributed by atoms with Crippen molar-refractivity contribution in [2.75, 3.05) is 0 Å². The van der Waals surface area contributed by atoms with Crippen LogP contribution in [0.5, 0.6) is 0 Å². The summed E-state index contributed by atoms with van der Waals surface area (Å²) in [6.45, 7) is 2.16. The molecule has 0 radical (unpaired) electrons. The summed E-state index contributed by atoms with van der Waals surface area (Å²) < 4.78 is 0.905. The number of aromatic nitrogens is 1. The maximum absolute atomic E-state index is 13.0. The van der Waals surface area contributed by atoms with Gasteiger partial charge in [0.2, 0.25) is 0 Å². The summed E-state index contributed by atoms with van der Waals surface area (Å²) in [5.41, 5.74) is 2.41. The lowest BCUT2D eigenvalue weighted by Crippen LogP contribution is -2.28. The summed E-state index contributed by atoms with van der Waals surface area (Å²) in [4.78, 5) is 32.2. The molecule has 4 rings (SSSR count). The van der Waals surface area contributed by atoms with Gasteiger partial charge in [-0.25, -0.2) is 0 Å². The minimum absolute atomic E-state index is 0.119. The number of carbonyl (C=O) groups is 2. The molecule has 0 aliphatic carbocycles. The molecule has 1 saturated heterocycles.